The van der Waals surface area contributed by atoms with Gasteiger partial charge in [-0.1, -0.05) is 0 Å². The van der Waals surface area contributed by atoms with Crippen molar-refractivity contribution in [2.45, 2.75) is 0 Å². The SMILES string of the molecule is CN(C)C=Nc1cc2c(cc1[N+](=O)[O-])OCCO2. The molecule has 18 heavy (non-hydrogen) atoms. The molecule has 1 aromatic carbocycles. The van der Waals surface area contributed by atoms with Crippen molar-refractivity contribution in [1.82, 2.24) is 4.90 Å². The summed E-state index contributed by atoms with van der Waals surface area (Å²) in [5.74, 6) is 0.870. The first-order chi connectivity index (χ1) is 8.58. The van der Waals surface area contributed by atoms with Gasteiger partial charge >= 0.3 is 0 Å². The van der Waals surface area contributed by atoms with Crippen LogP contribution in [0.5, 0.6) is 11.5 Å². The minimum Gasteiger partial charge on any atom is -0.486 e. The Morgan fingerprint density at radius 3 is 2.50 bits per heavy atom. The fourth-order valence-corrected chi connectivity index (χ4v) is 1.49. The third kappa shape index (κ3) is 2.50. The molecule has 0 aliphatic carbocycles. The molecule has 7 heteroatoms. The topological polar surface area (TPSA) is 77.2 Å². The van der Waals surface area contributed by atoms with E-state index in [0.717, 1.165) is 0 Å². The number of aliphatic imine (C=N–C) groups is 1. The maximum atomic E-state index is 11.0. The van der Waals surface area contributed by atoms with Gasteiger partial charge < -0.3 is 14.4 Å². The first kappa shape index (κ1) is 12.2. The van der Waals surface area contributed by atoms with Crippen molar-refractivity contribution in [3.63, 3.8) is 0 Å². The number of nitro benzene ring substituents is 1. The average Bonchev–Trinajstić information content (AvgIpc) is 2.35. The van der Waals surface area contributed by atoms with Gasteiger partial charge in [-0.05, 0) is 0 Å². The maximum Gasteiger partial charge on any atom is 0.298 e. The van der Waals surface area contributed by atoms with Crippen LogP contribution in [0, 0.1) is 10.1 Å². The number of nitro groups is 1. The van der Waals surface area contributed by atoms with Crippen molar-refractivity contribution in [3.05, 3.63) is 22.2 Å². The molecule has 1 aromatic rings. The Labute approximate surface area is 104 Å². The zero-order chi connectivity index (χ0) is 13.1. The first-order valence-corrected chi connectivity index (χ1v) is 5.36. The molecule has 0 amide bonds. The van der Waals surface area contributed by atoms with Crippen LogP contribution in [-0.2, 0) is 0 Å². The van der Waals surface area contributed by atoms with Gasteiger partial charge in [-0.3, -0.25) is 10.1 Å². The molecule has 0 spiro atoms. The van der Waals surface area contributed by atoms with Crippen LogP contribution in [0.4, 0.5) is 11.4 Å². The summed E-state index contributed by atoms with van der Waals surface area (Å²) in [5.41, 5.74) is 0.148. The molecule has 1 heterocycles. The van der Waals surface area contributed by atoms with E-state index in [2.05, 4.69) is 4.99 Å². The Balaban J connectivity index is 2.45. The predicted octanol–water partition coefficient (Wildman–Crippen LogP) is 1.59. The van der Waals surface area contributed by atoms with Crippen LogP contribution < -0.4 is 9.47 Å². The lowest BCUT2D eigenvalue weighted by Crippen LogP contribution is -2.15. The molecule has 1 aliphatic heterocycles. The largest absolute Gasteiger partial charge is 0.486 e. The summed E-state index contributed by atoms with van der Waals surface area (Å²) >= 11 is 0. The lowest BCUT2D eigenvalue weighted by atomic mass is 10.2. The second-order valence-electron chi connectivity index (χ2n) is 3.95. The normalized spacial score (nSPS) is 13.7. The van der Waals surface area contributed by atoms with Gasteiger partial charge in [-0.2, -0.15) is 0 Å². The predicted molar refractivity (Wildman–Crippen MR) is 65.9 cm³/mol. The molecular formula is C11H13N3O4. The number of benzene rings is 1. The zero-order valence-electron chi connectivity index (χ0n) is 10.1. The van der Waals surface area contributed by atoms with E-state index in [0.29, 0.717) is 24.7 Å². The van der Waals surface area contributed by atoms with Gasteiger partial charge in [-0.15, -0.1) is 0 Å². The van der Waals surface area contributed by atoms with E-state index in [1.807, 2.05) is 0 Å². The molecular weight excluding hydrogens is 238 g/mol. The molecule has 1 aliphatic rings. The van der Waals surface area contributed by atoms with Crippen LogP contribution in [-0.4, -0.2) is 43.5 Å². The number of hydrogen-bond acceptors (Lipinski definition) is 5. The molecule has 7 nitrogen and oxygen atoms in total. The van der Waals surface area contributed by atoms with Crippen LogP contribution >= 0.6 is 0 Å². The number of ether oxygens (including phenoxy) is 2. The molecule has 0 saturated carbocycles. The Morgan fingerprint density at radius 1 is 1.33 bits per heavy atom. The van der Waals surface area contributed by atoms with Gasteiger partial charge in [0.05, 0.1) is 17.3 Å². The Kier molecular flexibility index (Phi) is 3.31. The number of nitrogens with zero attached hydrogens (tertiary/aromatic N) is 3. The highest BCUT2D eigenvalue weighted by Gasteiger charge is 2.21. The third-order valence-corrected chi connectivity index (χ3v) is 2.26. The molecule has 0 atom stereocenters. The molecule has 0 bridgehead atoms. The molecule has 0 saturated heterocycles. The monoisotopic (exact) mass is 251 g/mol. The summed E-state index contributed by atoms with van der Waals surface area (Å²) in [6.07, 6.45) is 1.50. The van der Waals surface area contributed by atoms with Crippen molar-refractivity contribution < 1.29 is 14.4 Å². The standard InChI is InChI=1S/C11H13N3O4/c1-13(2)7-12-8-5-10-11(18-4-3-17-10)6-9(8)14(15)16/h5-7H,3-4H2,1-2H3. The van der Waals surface area contributed by atoms with Crippen molar-refractivity contribution in [2.75, 3.05) is 27.3 Å². The van der Waals surface area contributed by atoms with Crippen molar-refractivity contribution in [1.29, 1.82) is 0 Å². The Morgan fingerprint density at radius 2 is 1.94 bits per heavy atom. The van der Waals surface area contributed by atoms with Crippen LogP contribution in [0.1, 0.15) is 0 Å². The van der Waals surface area contributed by atoms with Gasteiger partial charge in [0.2, 0.25) is 0 Å². The molecule has 96 valence electrons. The fraction of sp³-hybridized carbons (Fsp3) is 0.364. The van der Waals surface area contributed by atoms with Crippen LogP contribution in [0.25, 0.3) is 0 Å². The summed E-state index contributed by atoms with van der Waals surface area (Å²) < 4.78 is 10.7. The van der Waals surface area contributed by atoms with Gasteiger partial charge in [0.25, 0.3) is 5.69 Å². The zero-order valence-corrected chi connectivity index (χ0v) is 10.1. The number of fused-ring (bicyclic) bond motifs is 1. The van der Waals surface area contributed by atoms with Gasteiger partial charge in [0.1, 0.15) is 18.9 Å². The van der Waals surface area contributed by atoms with E-state index < -0.39 is 4.92 Å². The van der Waals surface area contributed by atoms with Crippen LogP contribution in [0.15, 0.2) is 17.1 Å². The summed E-state index contributed by atoms with van der Waals surface area (Å²) in [5, 5.41) is 11.0. The summed E-state index contributed by atoms with van der Waals surface area (Å²) in [6.45, 7) is 0.826. The highest BCUT2D eigenvalue weighted by Crippen LogP contribution is 2.40. The smallest absolute Gasteiger partial charge is 0.298 e. The third-order valence-electron chi connectivity index (χ3n) is 2.26. The molecule has 0 fully saturated rings. The van der Waals surface area contributed by atoms with Gasteiger partial charge in [-0.25, -0.2) is 4.99 Å². The van der Waals surface area contributed by atoms with E-state index in [1.165, 1.54) is 18.5 Å². The van der Waals surface area contributed by atoms with E-state index >= 15 is 0 Å². The lowest BCUT2D eigenvalue weighted by molar-refractivity contribution is -0.384. The lowest BCUT2D eigenvalue weighted by Gasteiger charge is -2.18. The van der Waals surface area contributed by atoms with E-state index in [4.69, 9.17) is 9.47 Å². The van der Waals surface area contributed by atoms with E-state index in [9.17, 15) is 10.1 Å². The van der Waals surface area contributed by atoms with E-state index in [-0.39, 0.29) is 11.4 Å². The second kappa shape index (κ2) is 4.91. The number of hydrogen-bond donors (Lipinski definition) is 0. The maximum absolute atomic E-state index is 11.0. The second-order valence-corrected chi connectivity index (χ2v) is 3.95. The van der Waals surface area contributed by atoms with Crippen LogP contribution in [0.2, 0.25) is 0 Å². The Bertz CT molecular complexity index is 499. The van der Waals surface area contributed by atoms with Crippen molar-refractivity contribution in [2.24, 2.45) is 4.99 Å². The first-order valence-electron chi connectivity index (χ1n) is 5.36. The molecule has 2 rings (SSSR count). The Hall–Kier alpha value is -2.31. The molecule has 0 unspecified atom stereocenters. The van der Waals surface area contributed by atoms with Crippen molar-refractivity contribution >= 4 is 17.7 Å². The minimum atomic E-state index is -0.486. The highest BCUT2D eigenvalue weighted by molar-refractivity contribution is 5.71. The van der Waals surface area contributed by atoms with E-state index in [1.54, 1.807) is 19.0 Å². The van der Waals surface area contributed by atoms with Crippen LogP contribution in [0.3, 0.4) is 0 Å². The molecule has 0 N–H and O–H groups in total. The summed E-state index contributed by atoms with van der Waals surface area (Å²) in [4.78, 5) is 16.2. The fourth-order valence-electron chi connectivity index (χ4n) is 1.49. The average molecular weight is 251 g/mol. The quantitative estimate of drug-likeness (QED) is 0.353. The van der Waals surface area contributed by atoms with Gasteiger partial charge in [0, 0.05) is 20.2 Å². The van der Waals surface area contributed by atoms with Crippen molar-refractivity contribution in [3.8, 4) is 11.5 Å². The number of rotatable bonds is 3. The highest BCUT2D eigenvalue weighted by atomic mass is 16.6. The molecule has 0 aromatic heterocycles. The summed E-state index contributed by atoms with van der Waals surface area (Å²) in [6, 6.07) is 2.86. The molecule has 0 radical (unpaired) electrons. The summed E-state index contributed by atoms with van der Waals surface area (Å²) in [7, 11) is 3.57. The van der Waals surface area contributed by atoms with Gasteiger partial charge in [0.15, 0.2) is 11.5 Å². The minimum absolute atomic E-state index is 0.0997.